The van der Waals surface area contributed by atoms with Crippen LogP contribution >= 0.6 is 0 Å². The molecule has 1 aromatic heterocycles. The lowest BCUT2D eigenvalue weighted by Crippen LogP contribution is -2.34. The van der Waals surface area contributed by atoms with E-state index >= 15 is 0 Å². The molecule has 0 bridgehead atoms. The molecule has 0 saturated carbocycles. The highest BCUT2D eigenvalue weighted by molar-refractivity contribution is 5.92. The standard InChI is InChI=1S/C26H31N7O.C5H11N.C2H6/c1-6-16(2)13-28-21-12-20(9-7-17(21)3)34-23-10-8-19(11-18(23)4)32-25-24-22(30-15-31-25)14-29-26(27-5)33-24;1-6-4-2-3-5-6;1-2/h7-16,26-27,33H,6H2,1-5H3,(H,30,31,32);2-5H2,1H3;1-2H3. The average Bonchev–Trinajstić information content (AvgIpc) is 3.50. The molecule has 0 aliphatic carbocycles. The summed E-state index contributed by atoms with van der Waals surface area (Å²) in [4.78, 5) is 20.1. The summed E-state index contributed by atoms with van der Waals surface area (Å²) in [6.45, 7) is 15.0. The number of hydrogen-bond donors (Lipinski definition) is 3. The van der Waals surface area contributed by atoms with E-state index in [-0.39, 0.29) is 6.29 Å². The molecule has 2 atom stereocenters. The summed E-state index contributed by atoms with van der Waals surface area (Å²) in [6, 6.07) is 12.0. The molecule has 1 saturated heterocycles. The van der Waals surface area contributed by atoms with E-state index in [0.29, 0.717) is 11.7 Å². The van der Waals surface area contributed by atoms with Crippen molar-refractivity contribution in [3.05, 3.63) is 59.5 Å². The van der Waals surface area contributed by atoms with E-state index in [9.17, 15) is 0 Å². The molecular formula is C33H48N8O. The number of ether oxygens (including phenoxy) is 1. The quantitative estimate of drug-likeness (QED) is 0.241. The van der Waals surface area contributed by atoms with Crippen LogP contribution in [0.1, 0.15) is 63.8 Å². The van der Waals surface area contributed by atoms with Crippen molar-refractivity contribution in [2.75, 3.05) is 37.8 Å². The maximum atomic E-state index is 6.20. The second kappa shape index (κ2) is 16.6. The molecule has 42 heavy (non-hydrogen) atoms. The van der Waals surface area contributed by atoms with Crippen molar-refractivity contribution in [3.63, 3.8) is 0 Å². The Labute approximate surface area is 252 Å². The van der Waals surface area contributed by atoms with Crippen molar-refractivity contribution >= 4 is 35.3 Å². The highest BCUT2D eigenvalue weighted by Gasteiger charge is 2.18. The summed E-state index contributed by atoms with van der Waals surface area (Å²) in [7, 11) is 4.01. The van der Waals surface area contributed by atoms with Gasteiger partial charge in [0, 0.05) is 18.0 Å². The maximum absolute atomic E-state index is 6.20. The fourth-order valence-corrected chi connectivity index (χ4v) is 4.29. The molecule has 5 rings (SSSR count). The molecule has 1 fully saturated rings. The van der Waals surface area contributed by atoms with Gasteiger partial charge in [0.1, 0.15) is 29.2 Å². The van der Waals surface area contributed by atoms with E-state index < -0.39 is 0 Å². The van der Waals surface area contributed by atoms with Crippen molar-refractivity contribution in [1.29, 1.82) is 0 Å². The summed E-state index contributed by atoms with van der Waals surface area (Å²) in [5, 5.41) is 9.75. The van der Waals surface area contributed by atoms with Crippen LogP contribution in [0.2, 0.25) is 0 Å². The number of aliphatic imine (C=N–C) groups is 2. The molecule has 2 unspecified atom stereocenters. The fourth-order valence-electron chi connectivity index (χ4n) is 4.29. The van der Waals surface area contributed by atoms with Gasteiger partial charge in [-0.2, -0.15) is 0 Å². The van der Waals surface area contributed by atoms with E-state index in [2.05, 4.69) is 68.6 Å². The molecule has 3 heterocycles. The molecular weight excluding hydrogens is 524 g/mol. The Hall–Kier alpha value is -3.82. The Balaban J connectivity index is 0.000000530. The number of rotatable bonds is 8. The average molecular weight is 573 g/mol. The minimum Gasteiger partial charge on any atom is -0.457 e. The van der Waals surface area contributed by atoms with Crippen LogP contribution in [0, 0.1) is 19.8 Å². The molecule has 0 amide bonds. The number of nitrogens with zero attached hydrogens (tertiary/aromatic N) is 5. The third-order valence-electron chi connectivity index (χ3n) is 7.06. The second-order valence-electron chi connectivity index (χ2n) is 10.4. The van der Waals surface area contributed by atoms with Crippen molar-refractivity contribution in [1.82, 2.24) is 20.2 Å². The van der Waals surface area contributed by atoms with Crippen molar-refractivity contribution < 1.29 is 4.74 Å². The molecule has 3 aromatic rings. The molecule has 2 aliphatic heterocycles. The number of benzene rings is 2. The molecule has 9 nitrogen and oxygen atoms in total. The zero-order valence-electron chi connectivity index (χ0n) is 26.5. The first-order valence-electron chi connectivity index (χ1n) is 15.1. The predicted octanol–water partition coefficient (Wildman–Crippen LogP) is 7.46. The van der Waals surface area contributed by atoms with Gasteiger partial charge in [0.2, 0.25) is 0 Å². The van der Waals surface area contributed by atoms with Crippen LogP contribution in [0.15, 0.2) is 52.7 Å². The van der Waals surface area contributed by atoms with Crippen LogP contribution < -0.4 is 20.7 Å². The van der Waals surface area contributed by atoms with Crippen molar-refractivity contribution in [2.45, 2.75) is 67.1 Å². The van der Waals surface area contributed by atoms with Crippen LogP contribution in [-0.4, -0.2) is 60.8 Å². The largest absolute Gasteiger partial charge is 0.457 e. The number of nitrogens with one attached hydrogen (secondary N) is 3. The Bertz CT molecular complexity index is 1330. The molecule has 9 heteroatoms. The monoisotopic (exact) mass is 572 g/mol. The van der Waals surface area contributed by atoms with Gasteiger partial charge in [0.25, 0.3) is 0 Å². The number of anilines is 3. The van der Waals surface area contributed by atoms with Gasteiger partial charge in [-0.3, -0.25) is 15.3 Å². The van der Waals surface area contributed by atoms with Crippen LogP contribution in [-0.2, 0) is 0 Å². The van der Waals surface area contributed by atoms with E-state index in [4.69, 9.17) is 4.74 Å². The van der Waals surface area contributed by atoms with Gasteiger partial charge in [-0.25, -0.2) is 9.97 Å². The normalized spacial score (nSPS) is 16.4. The second-order valence-corrected chi connectivity index (χ2v) is 10.4. The highest BCUT2D eigenvalue weighted by Crippen LogP contribution is 2.33. The smallest absolute Gasteiger partial charge is 0.173 e. The highest BCUT2D eigenvalue weighted by atomic mass is 16.5. The lowest BCUT2D eigenvalue weighted by atomic mass is 10.1. The van der Waals surface area contributed by atoms with Gasteiger partial charge in [-0.15, -0.1) is 0 Å². The summed E-state index contributed by atoms with van der Waals surface area (Å²) >= 11 is 0. The first kappa shape index (κ1) is 32.7. The van der Waals surface area contributed by atoms with Crippen molar-refractivity contribution in [3.8, 4) is 11.5 Å². The first-order valence-corrected chi connectivity index (χ1v) is 15.1. The first-order chi connectivity index (χ1) is 20.4. The van der Waals surface area contributed by atoms with Gasteiger partial charge in [0.15, 0.2) is 12.1 Å². The maximum Gasteiger partial charge on any atom is 0.173 e. The Morgan fingerprint density at radius 2 is 1.86 bits per heavy atom. The Morgan fingerprint density at radius 1 is 1.10 bits per heavy atom. The lowest BCUT2D eigenvalue weighted by Gasteiger charge is -2.22. The van der Waals surface area contributed by atoms with Crippen LogP contribution in [0.5, 0.6) is 11.5 Å². The lowest BCUT2D eigenvalue weighted by molar-refractivity contribution is 0.418. The summed E-state index contributed by atoms with van der Waals surface area (Å²) in [6.07, 6.45) is 8.94. The van der Waals surface area contributed by atoms with E-state index in [1.54, 1.807) is 6.21 Å². The number of hydrogen-bond acceptors (Lipinski definition) is 9. The number of aryl methyl sites for hydroxylation is 2. The van der Waals surface area contributed by atoms with Gasteiger partial charge >= 0.3 is 0 Å². The number of likely N-dealkylation sites (tertiary alicyclic amines) is 1. The molecule has 0 radical (unpaired) electrons. The van der Waals surface area contributed by atoms with Crippen LogP contribution in [0.3, 0.4) is 0 Å². The van der Waals surface area contributed by atoms with Gasteiger partial charge in [-0.1, -0.05) is 33.8 Å². The summed E-state index contributed by atoms with van der Waals surface area (Å²) < 4.78 is 6.20. The van der Waals surface area contributed by atoms with E-state index in [1.807, 2.05) is 70.4 Å². The van der Waals surface area contributed by atoms with E-state index in [0.717, 1.165) is 51.8 Å². The molecule has 2 aromatic carbocycles. The minimum atomic E-state index is -0.217. The van der Waals surface area contributed by atoms with Gasteiger partial charge in [0.05, 0.1) is 11.9 Å². The predicted molar refractivity (Wildman–Crippen MR) is 177 cm³/mol. The van der Waals surface area contributed by atoms with Gasteiger partial charge < -0.3 is 20.3 Å². The summed E-state index contributed by atoms with van der Waals surface area (Å²) in [5.74, 6) is 2.68. The molecule has 3 N–H and O–H groups in total. The Kier molecular flexibility index (Phi) is 12.9. The molecule has 0 spiro atoms. The third-order valence-corrected chi connectivity index (χ3v) is 7.06. The Morgan fingerprint density at radius 3 is 2.50 bits per heavy atom. The zero-order chi connectivity index (χ0) is 30.5. The SMILES string of the molecule is CC.CCC(C)C=Nc1cc(Oc2ccc(Nc3ncnc4c3NC(NC)N=C4)cc2C)ccc1C.CN1CCCC1. The summed E-state index contributed by atoms with van der Waals surface area (Å²) in [5.41, 5.74) is 5.50. The number of fused-ring (bicyclic) bond motifs is 1. The third kappa shape index (κ3) is 9.36. The van der Waals surface area contributed by atoms with E-state index in [1.165, 1.54) is 32.3 Å². The zero-order valence-corrected chi connectivity index (χ0v) is 26.5. The fraction of sp³-hybridized carbons (Fsp3) is 0.455. The van der Waals surface area contributed by atoms with Gasteiger partial charge in [-0.05, 0) is 102 Å². The van der Waals surface area contributed by atoms with Crippen molar-refractivity contribution in [2.24, 2.45) is 15.9 Å². The topological polar surface area (TPSA) is 99.1 Å². The van der Waals surface area contributed by atoms with Crippen LogP contribution in [0.25, 0.3) is 0 Å². The molecule has 226 valence electrons. The molecule has 2 aliphatic rings. The minimum absolute atomic E-state index is 0.217. The van der Waals surface area contributed by atoms with Crippen LogP contribution in [0.4, 0.5) is 22.9 Å². The number of aromatic nitrogens is 2.